The van der Waals surface area contributed by atoms with E-state index in [2.05, 4.69) is 0 Å². The van der Waals surface area contributed by atoms with E-state index in [4.69, 9.17) is 4.74 Å². The Labute approximate surface area is 114 Å². The quantitative estimate of drug-likeness (QED) is 0.884. The van der Waals surface area contributed by atoms with Crippen LogP contribution in [0, 0.1) is 0 Å². The van der Waals surface area contributed by atoms with Crippen molar-refractivity contribution in [3.05, 3.63) is 29.8 Å². The van der Waals surface area contributed by atoms with Crippen molar-refractivity contribution in [2.24, 2.45) is 0 Å². The van der Waals surface area contributed by atoms with Gasteiger partial charge in [-0.25, -0.2) is 0 Å². The monoisotopic (exact) mass is 263 g/mol. The third-order valence-corrected chi connectivity index (χ3v) is 3.39. The summed E-state index contributed by atoms with van der Waals surface area (Å²) in [6.07, 6.45) is 1.68. The molecule has 0 atom stereocenters. The number of rotatable bonds is 5. The molecule has 1 amide bonds. The smallest absolute Gasteiger partial charge is 0.254 e. The van der Waals surface area contributed by atoms with E-state index in [9.17, 15) is 9.90 Å². The van der Waals surface area contributed by atoms with Crippen molar-refractivity contribution in [2.45, 2.75) is 32.3 Å². The van der Waals surface area contributed by atoms with Gasteiger partial charge in [0.15, 0.2) is 0 Å². The van der Waals surface area contributed by atoms with Crippen LogP contribution in [0.5, 0.6) is 5.75 Å². The van der Waals surface area contributed by atoms with Gasteiger partial charge in [0.2, 0.25) is 0 Å². The standard InChI is InChI=1S/C15H21NO3/c1-3-9-15(18)10-16(11-15)14(17)12-5-7-13(8-6-12)19-4-2/h5-8,18H,3-4,9-11H2,1-2H3. The Hall–Kier alpha value is -1.55. The van der Waals surface area contributed by atoms with Gasteiger partial charge in [0.1, 0.15) is 5.75 Å². The summed E-state index contributed by atoms with van der Waals surface area (Å²) in [5.74, 6) is 0.744. The normalized spacial score (nSPS) is 16.9. The first-order valence-electron chi connectivity index (χ1n) is 6.82. The van der Waals surface area contributed by atoms with Crippen LogP contribution in [-0.4, -0.2) is 41.2 Å². The number of hydrogen-bond donors (Lipinski definition) is 1. The van der Waals surface area contributed by atoms with E-state index in [1.807, 2.05) is 13.8 Å². The molecule has 0 unspecified atom stereocenters. The minimum Gasteiger partial charge on any atom is -0.494 e. The fourth-order valence-corrected chi connectivity index (χ4v) is 2.47. The minimum absolute atomic E-state index is 0.0242. The molecular formula is C15H21NO3. The van der Waals surface area contributed by atoms with Crippen molar-refractivity contribution in [1.29, 1.82) is 0 Å². The molecular weight excluding hydrogens is 242 g/mol. The van der Waals surface area contributed by atoms with Crippen LogP contribution < -0.4 is 4.74 Å². The lowest BCUT2D eigenvalue weighted by atomic mass is 9.89. The highest BCUT2D eigenvalue weighted by molar-refractivity contribution is 5.95. The molecule has 104 valence electrons. The fourth-order valence-electron chi connectivity index (χ4n) is 2.47. The molecule has 1 fully saturated rings. The Morgan fingerprint density at radius 1 is 1.32 bits per heavy atom. The van der Waals surface area contributed by atoms with Gasteiger partial charge in [-0.15, -0.1) is 0 Å². The summed E-state index contributed by atoms with van der Waals surface area (Å²) in [5.41, 5.74) is -0.0302. The Morgan fingerprint density at radius 2 is 1.95 bits per heavy atom. The summed E-state index contributed by atoms with van der Waals surface area (Å²) < 4.78 is 5.34. The van der Waals surface area contributed by atoms with Gasteiger partial charge in [-0.3, -0.25) is 4.79 Å². The molecule has 0 aliphatic carbocycles. The average molecular weight is 263 g/mol. The first-order chi connectivity index (χ1) is 9.08. The van der Waals surface area contributed by atoms with Crippen molar-refractivity contribution in [3.8, 4) is 5.75 Å². The molecule has 4 heteroatoms. The zero-order valence-corrected chi connectivity index (χ0v) is 11.6. The molecule has 1 saturated heterocycles. The van der Waals surface area contributed by atoms with Crippen LogP contribution in [-0.2, 0) is 0 Å². The molecule has 0 bridgehead atoms. The highest BCUT2D eigenvalue weighted by atomic mass is 16.5. The van der Waals surface area contributed by atoms with Crippen LogP contribution in [0.3, 0.4) is 0 Å². The van der Waals surface area contributed by atoms with Gasteiger partial charge < -0.3 is 14.7 Å². The van der Waals surface area contributed by atoms with Crippen LogP contribution >= 0.6 is 0 Å². The van der Waals surface area contributed by atoms with E-state index in [-0.39, 0.29) is 5.91 Å². The summed E-state index contributed by atoms with van der Waals surface area (Å²) in [5, 5.41) is 10.1. The SMILES string of the molecule is CCCC1(O)CN(C(=O)c2ccc(OCC)cc2)C1. The highest BCUT2D eigenvalue weighted by Gasteiger charge is 2.42. The summed E-state index contributed by atoms with van der Waals surface area (Å²) >= 11 is 0. The van der Waals surface area contributed by atoms with Crippen LogP contribution in [0.2, 0.25) is 0 Å². The fraction of sp³-hybridized carbons (Fsp3) is 0.533. The van der Waals surface area contributed by atoms with Gasteiger partial charge in [0.25, 0.3) is 5.91 Å². The number of amides is 1. The molecule has 2 rings (SSSR count). The third kappa shape index (κ3) is 3.07. The minimum atomic E-state index is -0.671. The Morgan fingerprint density at radius 3 is 2.47 bits per heavy atom. The van der Waals surface area contributed by atoms with E-state index < -0.39 is 5.60 Å². The number of nitrogens with zero attached hydrogens (tertiary/aromatic N) is 1. The average Bonchev–Trinajstić information content (AvgIpc) is 2.36. The molecule has 0 spiro atoms. The maximum Gasteiger partial charge on any atom is 0.254 e. The van der Waals surface area contributed by atoms with Gasteiger partial charge in [-0.1, -0.05) is 13.3 Å². The highest BCUT2D eigenvalue weighted by Crippen LogP contribution is 2.27. The molecule has 1 heterocycles. The van der Waals surface area contributed by atoms with Crippen molar-refractivity contribution in [3.63, 3.8) is 0 Å². The first kappa shape index (κ1) is 13.9. The number of carbonyl (C=O) groups is 1. The second-order valence-electron chi connectivity index (χ2n) is 5.09. The Bertz CT molecular complexity index is 435. The number of hydrogen-bond acceptors (Lipinski definition) is 3. The summed E-state index contributed by atoms with van der Waals surface area (Å²) in [7, 11) is 0. The summed E-state index contributed by atoms with van der Waals surface area (Å²) in [4.78, 5) is 13.8. The molecule has 4 nitrogen and oxygen atoms in total. The number of aliphatic hydroxyl groups is 1. The van der Waals surface area contributed by atoms with Crippen molar-refractivity contribution >= 4 is 5.91 Å². The molecule has 0 saturated carbocycles. The molecule has 1 aliphatic rings. The van der Waals surface area contributed by atoms with E-state index in [1.165, 1.54) is 0 Å². The second kappa shape index (κ2) is 5.61. The molecule has 1 aliphatic heterocycles. The molecule has 1 aromatic carbocycles. The Balaban J connectivity index is 1.94. The van der Waals surface area contributed by atoms with E-state index >= 15 is 0 Å². The van der Waals surface area contributed by atoms with Gasteiger partial charge in [-0.2, -0.15) is 0 Å². The second-order valence-corrected chi connectivity index (χ2v) is 5.09. The molecule has 19 heavy (non-hydrogen) atoms. The predicted molar refractivity (Wildman–Crippen MR) is 73.4 cm³/mol. The zero-order chi connectivity index (χ0) is 13.9. The zero-order valence-electron chi connectivity index (χ0n) is 11.6. The first-order valence-corrected chi connectivity index (χ1v) is 6.82. The van der Waals surface area contributed by atoms with Gasteiger partial charge >= 0.3 is 0 Å². The van der Waals surface area contributed by atoms with Crippen LogP contribution in [0.4, 0.5) is 0 Å². The van der Waals surface area contributed by atoms with Gasteiger partial charge in [-0.05, 0) is 37.6 Å². The third-order valence-electron chi connectivity index (χ3n) is 3.39. The number of β-amino-alcohol motifs (C(OH)–C–C–N with tert-alkyl or cyclic N) is 1. The largest absolute Gasteiger partial charge is 0.494 e. The van der Waals surface area contributed by atoms with Crippen molar-refractivity contribution in [2.75, 3.05) is 19.7 Å². The predicted octanol–water partition coefficient (Wildman–Crippen LogP) is 2.07. The van der Waals surface area contributed by atoms with Crippen LogP contribution in [0.15, 0.2) is 24.3 Å². The molecule has 0 aromatic heterocycles. The molecule has 1 aromatic rings. The number of ether oxygens (including phenoxy) is 1. The summed E-state index contributed by atoms with van der Waals surface area (Å²) in [6, 6.07) is 7.14. The van der Waals surface area contributed by atoms with E-state index in [1.54, 1.807) is 29.2 Å². The van der Waals surface area contributed by atoms with Crippen molar-refractivity contribution < 1.29 is 14.6 Å². The van der Waals surface area contributed by atoms with Crippen LogP contribution in [0.25, 0.3) is 0 Å². The summed E-state index contributed by atoms with van der Waals surface area (Å²) in [6.45, 7) is 5.45. The number of likely N-dealkylation sites (tertiary alicyclic amines) is 1. The number of carbonyl (C=O) groups excluding carboxylic acids is 1. The van der Waals surface area contributed by atoms with E-state index in [0.29, 0.717) is 25.3 Å². The van der Waals surface area contributed by atoms with Crippen molar-refractivity contribution in [1.82, 2.24) is 4.90 Å². The topological polar surface area (TPSA) is 49.8 Å². The van der Waals surface area contributed by atoms with E-state index in [0.717, 1.165) is 18.6 Å². The molecule has 1 N–H and O–H groups in total. The lowest BCUT2D eigenvalue weighted by Gasteiger charge is -2.46. The van der Waals surface area contributed by atoms with Crippen LogP contribution in [0.1, 0.15) is 37.0 Å². The molecule has 0 radical (unpaired) electrons. The number of benzene rings is 1. The maximum atomic E-state index is 12.2. The lowest BCUT2D eigenvalue weighted by molar-refractivity contribution is -0.0860. The van der Waals surface area contributed by atoms with Gasteiger partial charge in [0.05, 0.1) is 25.3 Å². The Kier molecular flexibility index (Phi) is 4.10. The maximum absolute atomic E-state index is 12.2. The lowest BCUT2D eigenvalue weighted by Crippen LogP contribution is -2.63. The van der Waals surface area contributed by atoms with Gasteiger partial charge in [0, 0.05) is 5.56 Å².